The van der Waals surface area contributed by atoms with Crippen molar-refractivity contribution in [1.82, 2.24) is 0 Å². The summed E-state index contributed by atoms with van der Waals surface area (Å²) in [5.41, 5.74) is 0.227. The lowest BCUT2D eigenvalue weighted by Gasteiger charge is -2.35. The first-order valence-electron chi connectivity index (χ1n) is 13.9. The molecular formula is C34H26N3O4+. The molecule has 0 radical (unpaired) electrons. The van der Waals surface area contributed by atoms with E-state index >= 15 is 0 Å². The van der Waals surface area contributed by atoms with Crippen LogP contribution in [0.1, 0.15) is 11.1 Å². The summed E-state index contributed by atoms with van der Waals surface area (Å²) in [5, 5.41) is 2.05. The van der Waals surface area contributed by atoms with Crippen molar-refractivity contribution in [2.45, 2.75) is 11.1 Å². The Morgan fingerprint density at radius 3 is 0.976 bits per heavy atom. The molecule has 41 heavy (non-hydrogen) atoms. The molecule has 0 spiro atoms. The number of para-hydroxylation sites is 2. The number of benzene rings is 4. The maximum Gasteiger partial charge on any atom is 0.244 e. The van der Waals surface area contributed by atoms with Gasteiger partial charge in [0.15, 0.2) is 0 Å². The van der Waals surface area contributed by atoms with Gasteiger partial charge >= 0.3 is 0 Å². The van der Waals surface area contributed by atoms with Gasteiger partial charge in [0.25, 0.3) is 0 Å². The average Bonchev–Trinajstić information content (AvgIpc) is 3.69. The zero-order valence-electron chi connectivity index (χ0n) is 22.0. The van der Waals surface area contributed by atoms with E-state index in [0.717, 1.165) is 11.1 Å². The highest BCUT2D eigenvalue weighted by Gasteiger charge is 2.89. The van der Waals surface area contributed by atoms with Crippen LogP contribution >= 0.6 is 0 Å². The van der Waals surface area contributed by atoms with Gasteiger partial charge in [-0.05, 0) is 24.3 Å². The summed E-state index contributed by atoms with van der Waals surface area (Å²) in [4.78, 5) is 60.7. The molecule has 0 unspecified atom stereocenters. The molecule has 2 N–H and O–H groups in total. The molecule has 2 bridgehead atoms. The van der Waals surface area contributed by atoms with E-state index in [0.29, 0.717) is 11.4 Å². The van der Waals surface area contributed by atoms with E-state index in [1.807, 2.05) is 78.1 Å². The van der Waals surface area contributed by atoms with Gasteiger partial charge in [-0.1, -0.05) is 97.1 Å². The first-order chi connectivity index (χ1) is 20.0. The fourth-order valence-electron chi connectivity index (χ4n) is 8.41. The molecule has 200 valence electrons. The van der Waals surface area contributed by atoms with Gasteiger partial charge in [0.05, 0.1) is 11.4 Å². The minimum atomic E-state index is -1.15. The van der Waals surface area contributed by atoms with Gasteiger partial charge in [-0.2, -0.15) is 0 Å². The van der Waals surface area contributed by atoms with Crippen LogP contribution in [0, 0.1) is 23.7 Å². The SMILES string of the molecule is O=C1[C@H]2[C@H](C(=O)N1c1ccccc1)C1(c3ccccc3)[NH2+]C2(c2ccccc2)[C@H]2C(=O)N(c3ccccc3)C(=O)[C@@H]21. The first kappa shape index (κ1) is 24.0. The molecule has 4 aromatic rings. The Morgan fingerprint density at radius 2 is 0.683 bits per heavy atom. The number of quaternary nitrogens is 1. The predicted molar refractivity (Wildman–Crippen MR) is 150 cm³/mol. The summed E-state index contributed by atoms with van der Waals surface area (Å²) in [7, 11) is 0. The van der Waals surface area contributed by atoms with Crippen molar-refractivity contribution in [2.75, 3.05) is 9.80 Å². The van der Waals surface area contributed by atoms with Crippen molar-refractivity contribution in [1.29, 1.82) is 0 Å². The lowest BCUT2D eigenvalue weighted by atomic mass is 9.55. The highest BCUT2D eigenvalue weighted by molar-refractivity contribution is 6.27. The van der Waals surface area contributed by atoms with Gasteiger partial charge in [0.2, 0.25) is 23.6 Å². The van der Waals surface area contributed by atoms with Gasteiger partial charge in [0, 0.05) is 11.1 Å². The predicted octanol–water partition coefficient (Wildman–Crippen LogP) is 2.98. The number of nitrogens with two attached hydrogens (primary N) is 1. The summed E-state index contributed by atoms with van der Waals surface area (Å²) in [6, 6.07) is 36.9. The third kappa shape index (κ3) is 2.81. The maximum absolute atomic E-state index is 14.5. The lowest BCUT2D eigenvalue weighted by Crippen LogP contribution is -2.99. The Morgan fingerprint density at radius 1 is 0.415 bits per heavy atom. The number of imide groups is 2. The second-order valence-corrected chi connectivity index (χ2v) is 11.3. The van der Waals surface area contributed by atoms with Crippen molar-refractivity contribution in [2.24, 2.45) is 23.7 Å². The molecule has 4 fully saturated rings. The third-order valence-corrected chi connectivity index (χ3v) is 9.72. The Hall–Kier alpha value is -4.88. The number of hydrogen-bond donors (Lipinski definition) is 1. The fraction of sp³-hybridized carbons (Fsp3) is 0.176. The lowest BCUT2D eigenvalue weighted by molar-refractivity contribution is -0.771. The monoisotopic (exact) mass is 540 g/mol. The zero-order valence-corrected chi connectivity index (χ0v) is 22.0. The summed E-state index contributed by atoms with van der Waals surface area (Å²) < 4.78 is 0. The van der Waals surface area contributed by atoms with Crippen LogP contribution in [0.3, 0.4) is 0 Å². The molecule has 0 aromatic heterocycles. The Labute approximate surface area is 236 Å². The molecule has 0 aliphatic carbocycles. The Bertz CT molecular complexity index is 1550. The molecule has 7 heteroatoms. The van der Waals surface area contributed by atoms with Crippen LogP contribution in [-0.4, -0.2) is 23.6 Å². The number of fused-ring (bicyclic) bond motifs is 8. The van der Waals surface area contributed by atoms with Gasteiger partial charge in [-0.15, -0.1) is 0 Å². The number of nitrogens with zero attached hydrogens (tertiary/aromatic N) is 2. The molecule has 8 rings (SSSR count). The summed E-state index contributed by atoms with van der Waals surface area (Å²) >= 11 is 0. The molecule has 4 amide bonds. The van der Waals surface area contributed by atoms with Crippen molar-refractivity contribution < 1.29 is 24.5 Å². The first-order valence-corrected chi connectivity index (χ1v) is 13.9. The number of carbonyl (C=O) groups is 4. The van der Waals surface area contributed by atoms with E-state index in [9.17, 15) is 19.2 Å². The van der Waals surface area contributed by atoms with Crippen LogP contribution in [0.4, 0.5) is 11.4 Å². The van der Waals surface area contributed by atoms with Gasteiger partial charge < -0.3 is 5.32 Å². The number of rotatable bonds is 4. The minimum Gasteiger partial charge on any atom is -0.326 e. The Kier molecular flexibility index (Phi) is 4.86. The molecule has 4 saturated heterocycles. The number of hydrogen-bond acceptors (Lipinski definition) is 4. The largest absolute Gasteiger partial charge is 0.326 e. The molecule has 7 nitrogen and oxygen atoms in total. The quantitative estimate of drug-likeness (QED) is 0.403. The standard InChI is InChI=1S/C34H25N3O4/c38-29-25-27(31(40)36(29)23-17-9-3-10-18-23)34(22-15-7-2-8-16-22)28-26(33(25,35-34)21-13-5-1-6-14-21)30(39)37(32(28)41)24-19-11-4-12-20-24/h1-20,25-28,35H/p+1/t25-,26-,27-,28-,33?,34?/m1/s1. The topological polar surface area (TPSA) is 91.4 Å². The van der Waals surface area contributed by atoms with E-state index in [-0.39, 0.29) is 23.6 Å². The summed E-state index contributed by atoms with van der Waals surface area (Å²) in [6.45, 7) is 0. The average molecular weight is 541 g/mol. The number of carbonyl (C=O) groups excluding carboxylic acids is 4. The number of amides is 4. The van der Waals surface area contributed by atoms with Crippen LogP contribution in [0.25, 0.3) is 0 Å². The van der Waals surface area contributed by atoms with Crippen molar-refractivity contribution in [3.63, 3.8) is 0 Å². The van der Waals surface area contributed by atoms with E-state index in [1.165, 1.54) is 9.80 Å². The molecule has 0 saturated carbocycles. The van der Waals surface area contributed by atoms with E-state index in [1.54, 1.807) is 48.5 Å². The summed E-state index contributed by atoms with van der Waals surface area (Å²) in [5.74, 6) is -4.69. The fourth-order valence-corrected chi connectivity index (χ4v) is 8.41. The second-order valence-electron chi connectivity index (χ2n) is 11.3. The summed E-state index contributed by atoms with van der Waals surface area (Å²) in [6.07, 6.45) is 0. The highest BCUT2D eigenvalue weighted by atomic mass is 16.2. The maximum atomic E-state index is 14.5. The molecule has 4 aliphatic rings. The van der Waals surface area contributed by atoms with Crippen molar-refractivity contribution in [3.05, 3.63) is 132 Å². The Balaban J connectivity index is 1.43. The molecule has 4 aliphatic heterocycles. The second kappa shape index (κ2) is 8.32. The zero-order chi connectivity index (χ0) is 27.9. The van der Waals surface area contributed by atoms with E-state index < -0.39 is 34.7 Å². The van der Waals surface area contributed by atoms with Crippen LogP contribution in [0.5, 0.6) is 0 Å². The van der Waals surface area contributed by atoms with E-state index in [4.69, 9.17) is 0 Å². The highest BCUT2D eigenvalue weighted by Crippen LogP contribution is 2.66. The molecule has 4 heterocycles. The minimum absolute atomic E-state index is 0.332. The molecule has 4 aromatic carbocycles. The molecular weight excluding hydrogens is 514 g/mol. The van der Waals surface area contributed by atoms with Crippen LogP contribution in [0.2, 0.25) is 0 Å². The van der Waals surface area contributed by atoms with E-state index in [2.05, 4.69) is 0 Å². The van der Waals surface area contributed by atoms with Gasteiger partial charge in [-0.25, -0.2) is 9.80 Å². The smallest absolute Gasteiger partial charge is 0.244 e. The van der Waals surface area contributed by atoms with Crippen molar-refractivity contribution in [3.8, 4) is 0 Å². The van der Waals surface area contributed by atoms with Crippen LogP contribution in [0.15, 0.2) is 121 Å². The van der Waals surface area contributed by atoms with Gasteiger partial charge in [-0.3, -0.25) is 19.2 Å². The third-order valence-electron chi connectivity index (χ3n) is 9.72. The van der Waals surface area contributed by atoms with Gasteiger partial charge in [0.1, 0.15) is 34.7 Å². The van der Waals surface area contributed by atoms with Crippen LogP contribution < -0.4 is 15.1 Å². The normalized spacial score (nSPS) is 31.6. The van der Waals surface area contributed by atoms with Crippen LogP contribution in [-0.2, 0) is 30.3 Å². The van der Waals surface area contributed by atoms with Crippen molar-refractivity contribution >= 4 is 35.0 Å². The molecule has 4 atom stereocenters. The number of anilines is 2.